The molecule has 2 nitrogen and oxygen atoms in total. The van der Waals surface area contributed by atoms with Crippen molar-refractivity contribution in [2.45, 2.75) is 45.1 Å². The van der Waals surface area contributed by atoms with Crippen molar-refractivity contribution in [3.05, 3.63) is 0 Å². The minimum Gasteiger partial charge on any atom is -0.330 e. The van der Waals surface area contributed by atoms with E-state index in [-0.39, 0.29) is 24.8 Å². The zero-order valence-electron chi connectivity index (χ0n) is 8.01. The van der Waals surface area contributed by atoms with Crippen molar-refractivity contribution >= 4 is 24.8 Å². The quantitative estimate of drug-likeness (QED) is 0.744. The van der Waals surface area contributed by atoms with Crippen LogP contribution in [0.4, 0.5) is 0 Å². The summed E-state index contributed by atoms with van der Waals surface area (Å²) in [5.74, 6) is 0. The van der Waals surface area contributed by atoms with Gasteiger partial charge in [-0.25, -0.2) is 0 Å². The van der Waals surface area contributed by atoms with Gasteiger partial charge < -0.3 is 11.5 Å². The van der Waals surface area contributed by atoms with Crippen LogP contribution in [0.2, 0.25) is 0 Å². The highest BCUT2D eigenvalue weighted by atomic mass is 35.5. The average Bonchev–Trinajstić information content (AvgIpc) is 2.70. The monoisotopic (exact) mass is 216 g/mol. The number of halogens is 2. The fourth-order valence-corrected chi connectivity index (χ4v) is 0.514. The molecule has 0 aromatic rings. The molecule has 12 heavy (non-hydrogen) atoms. The van der Waals surface area contributed by atoms with Crippen molar-refractivity contribution in [1.29, 1.82) is 0 Å². The second kappa shape index (κ2) is 9.59. The normalized spacial score (nSPS) is 16.0. The van der Waals surface area contributed by atoms with Crippen molar-refractivity contribution in [1.82, 2.24) is 0 Å². The first-order valence-corrected chi connectivity index (χ1v) is 4.17. The molecule has 78 valence electrons. The van der Waals surface area contributed by atoms with E-state index in [2.05, 4.69) is 13.8 Å². The van der Waals surface area contributed by atoms with E-state index in [9.17, 15) is 0 Å². The molecule has 0 aromatic carbocycles. The smallest absolute Gasteiger partial charge is 0.0153 e. The Labute approximate surface area is 88.3 Å². The lowest BCUT2D eigenvalue weighted by atomic mass is 10.2. The van der Waals surface area contributed by atoms with Gasteiger partial charge in [0.05, 0.1) is 0 Å². The summed E-state index contributed by atoms with van der Waals surface area (Å²) in [4.78, 5) is 0. The molecule has 1 aliphatic rings. The molecule has 0 saturated heterocycles. The standard InChI is InChI=1S/C5H11N.C3H9N.2ClH/c1-2-5(6)3-4-5;1-2-3-4;;/h2-4,6H2,1H3;2-4H2,1H3;2*1H. The predicted octanol–water partition coefficient (Wildman–Crippen LogP) is 2.09. The van der Waals surface area contributed by atoms with Crippen LogP contribution in [-0.2, 0) is 0 Å². The van der Waals surface area contributed by atoms with E-state index in [1.165, 1.54) is 12.8 Å². The summed E-state index contributed by atoms with van der Waals surface area (Å²) in [5, 5.41) is 0. The van der Waals surface area contributed by atoms with Crippen molar-refractivity contribution in [3.63, 3.8) is 0 Å². The van der Waals surface area contributed by atoms with E-state index >= 15 is 0 Å². The maximum Gasteiger partial charge on any atom is 0.0153 e. The van der Waals surface area contributed by atoms with Gasteiger partial charge in [-0.1, -0.05) is 13.8 Å². The average molecular weight is 217 g/mol. The van der Waals surface area contributed by atoms with Crippen LogP contribution >= 0.6 is 24.8 Å². The number of nitrogens with two attached hydrogens (primary N) is 2. The minimum atomic E-state index is 0. The lowest BCUT2D eigenvalue weighted by Gasteiger charge is -1.98. The maximum absolute atomic E-state index is 5.65. The van der Waals surface area contributed by atoms with Crippen LogP contribution in [0.5, 0.6) is 0 Å². The van der Waals surface area contributed by atoms with Crippen molar-refractivity contribution in [2.75, 3.05) is 6.54 Å². The highest BCUT2D eigenvalue weighted by Gasteiger charge is 2.35. The van der Waals surface area contributed by atoms with E-state index in [4.69, 9.17) is 11.5 Å². The van der Waals surface area contributed by atoms with Gasteiger partial charge in [-0.2, -0.15) is 0 Å². The van der Waals surface area contributed by atoms with Crippen LogP contribution < -0.4 is 11.5 Å². The number of hydrogen-bond donors (Lipinski definition) is 2. The van der Waals surface area contributed by atoms with E-state index in [1.807, 2.05) is 0 Å². The minimum absolute atomic E-state index is 0. The van der Waals surface area contributed by atoms with Crippen molar-refractivity contribution in [3.8, 4) is 0 Å². The third-order valence-electron chi connectivity index (χ3n) is 1.89. The Morgan fingerprint density at radius 2 is 1.50 bits per heavy atom. The highest BCUT2D eigenvalue weighted by molar-refractivity contribution is 5.85. The van der Waals surface area contributed by atoms with Crippen LogP contribution in [0.15, 0.2) is 0 Å². The lowest BCUT2D eigenvalue weighted by molar-refractivity contribution is 0.650. The summed E-state index contributed by atoms with van der Waals surface area (Å²) in [5.41, 5.74) is 11.0. The largest absolute Gasteiger partial charge is 0.330 e. The van der Waals surface area contributed by atoms with Crippen LogP contribution in [-0.4, -0.2) is 12.1 Å². The third-order valence-corrected chi connectivity index (χ3v) is 1.89. The summed E-state index contributed by atoms with van der Waals surface area (Å²) >= 11 is 0. The molecule has 0 amide bonds. The Morgan fingerprint density at radius 1 is 1.17 bits per heavy atom. The van der Waals surface area contributed by atoms with Gasteiger partial charge in [-0.05, 0) is 32.2 Å². The Balaban J connectivity index is -0.000000124. The molecule has 0 spiro atoms. The predicted molar refractivity (Wildman–Crippen MR) is 60.3 cm³/mol. The van der Waals surface area contributed by atoms with Gasteiger partial charge in [0.15, 0.2) is 0 Å². The van der Waals surface area contributed by atoms with Crippen molar-refractivity contribution < 1.29 is 0 Å². The van der Waals surface area contributed by atoms with Crippen LogP contribution in [0, 0.1) is 0 Å². The van der Waals surface area contributed by atoms with Gasteiger partial charge in [-0.15, -0.1) is 24.8 Å². The van der Waals surface area contributed by atoms with Gasteiger partial charge in [-0.3, -0.25) is 0 Å². The van der Waals surface area contributed by atoms with Crippen molar-refractivity contribution in [2.24, 2.45) is 11.5 Å². The molecule has 4 N–H and O–H groups in total. The SMILES string of the molecule is CCC1(N)CC1.CCCN.Cl.Cl. The molecular weight excluding hydrogens is 195 g/mol. The molecule has 0 radical (unpaired) electrons. The van der Waals surface area contributed by atoms with Gasteiger partial charge in [0, 0.05) is 5.54 Å². The van der Waals surface area contributed by atoms with E-state index < -0.39 is 0 Å². The van der Waals surface area contributed by atoms with E-state index in [0.717, 1.165) is 19.4 Å². The molecule has 0 heterocycles. The molecule has 0 bridgehead atoms. The lowest BCUT2D eigenvalue weighted by Crippen LogP contribution is -2.19. The van der Waals surface area contributed by atoms with Gasteiger partial charge in [0.1, 0.15) is 0 Å². The third kappa shape index (κ3) is 10.5. The first-order chi connectivity index (χ1) is 4.68. The molecule has 0 aliphatic heterocycles. The maximum atomic E-state index is 5.65. The van der Waals surface area contributed by atoms with Crippen LogP contribution in [0.3, 0.4) is 0 Å². The zero-order chi connectivity index (χ0) is 8.04. The molecule has 0 aromatic heterocycles. The molecule has 0 unspecified atom stereocenters. The van der Waals surface area contributed by atoms with Gasteiger partial charge in [0.25, 0.3) is 0 Å². The molecule has 1 fully saturated rings. The second-order valence-corrected chi connectivity index (χ2v) is 3.00. The zero-order valence-corrected chi connectivity index (χ0v) is 9.64. The van der Waals surface area contributed by atoms with Crippen LogP contribution in [0.1, 0.15) is 39.5 Å². The molecule has 1 aliphatic carbocycles. The molecule has 1 rings (SSSR count). The second-order valence-electron chi connectivity index (χ2n) is 3.00. The first-order valence-electron chi connectivity index (χ1n) is 4.17. The highest BCUT2D eigenvalue weighted by Crippen LogP contribution is 2.34. The Bertz CT molecular complexity index is 83.1. The number of rotatable bonds is 2. The van der Waals surface area contributed by atoms with E-state index in [0.29, 0.717) is 5.54 Å². The first kappa shape index (κ1) is 18.3. The molecule has 1 saturated carbocycles. The summed E-state index contributed by atoms with van der Waals surface area (Å²) in [7, 11) is 0. The fourth-order valence-electron chi connectivity index (χ4n) is 0.514. The van der Waals surface area contributed by atoms with Gasteiger partial charge >= 0.3 is 0 Å². The van der Waals surface area contributed by atoms with E-state index in [1.54, 1.807) is 0 Å². The Morgan fingerprint density at radius 3 is 1.50 bits per heavy atom. The number of hydrogen-bond acceptors (Lipinski definition) is 2. The Hall–Kier alpha value is 0.500. The summed E-state index contributed by atoms with van der Waals surface area (Å²) in [6.07, 6.45) is 4.76. The summed E-state index contributed by atoms with van der Waals surface area (Å²) in [6.45, 7) is 5.02. The Kier molecular flexibility index (Phi) is 14.6. The fraction of sp³-hybridized carbons (Fsp3) is 1.00. The van der Waals surface area contributed by atoms with Crippen LogP contribution in [0.25, 0.3) is 0 Å². The topological polar surface area (TPSA) is 52.0 Å². The summed E-state index contributed by atoms with van der Waals surface area (Å²) < 4.78 is 0. The summed E-state index contributed by atoms with van der Waals surface area (Å²) in [6, 6.07) is 0. The molecular formula is C8H22Cl2N2. The van der Waals surface area contributed by atoms with Gasteiger partial charge in [0.2, 0.25) is 0 Å². The molecule has 4 heteroatoms. The molecule has 0 atom stereocenters.